The molecule has 0 radical (unpaired) electrons. The average Bonchev–Trinajstić information content (AvgIpc) is 2.49. The SMILES string of the molecule is Cc1ccc(NC(=O)OCCN(C)C)cc1NC(=O)OCCN(C)C. The monoisotopic (exact) mass is 352 g/mol. The van der Waals surface area contributed by atoms with Crippen LogP contribution in [0.2, 0.25) is 0 Å². The molecule has 25 heavy (non-hydrogen) atoms. The third-order valence-corrected chi connectivity index (χ3v) is 3.26. The van der Waals surface area contributed by atoms with Crippen LogP contribution in [0.5, 0.6) is 0 Å². The number of ether oxygens (including phenoxy) is 2. The summed E-state index contributed by atoms with van der Waals surface area (Å²) < 4.78 is 10.2. The molecular weight excluding hydrogens is 324 g/mol. The van der Waals surface area contributed by atoms with Gasteiger partial charge in [0.2, 0.25) is 0 Å². The Balaban J connectivity index is 2.54. The Hall–Kier alpha value is -2.32. The quantitative estimate of drug-likeness (QED) is 0.746. The van der Waals surface area contributed by atoms with Crippen molar-refractivity contribution in [3.05, 3.63) is 23.8 Å². The first-order chi connectivity index (χ1) is 11.8. The number of nitrogens with zero attached hydrogens (tertiary/aromatic N) is 2. The van der Waals surface area contributed by atoms with Crippen LogP contribution in [-0.4, -0.2) is 76.5 Å². The van der Waals surface area contributed by atoms with Gasteiger partial charge in [-0.3, -0.25) is 10.6 Å². The molecule has 0 unspecified atom stereocenters. The van der Waals surface area contributed by atoms with Crippen molar-refractivity contribution >= 4 is 23.6 Å². The fourth-order valence-corrected chi connectivity index (χ4v) is 1.78. The predicted octanol–water partition coefficient (Wildman–Crippen LogP) is 2.22. The highest BCUT2D eigenvalue weighted by Gasteiger charge is 2.09. The van der Waals surface area contributed by atoms with Gasteiger partial charge in [0, 0.05) is 24.5 Å². The number of hydrogen-bond donors (Lipinski definition) is 2. The molecule has 0 atom stereocenters. The van der Waals surface area contributed by atoms with Crippen LogP contribution in [0.3, 0.4) is 0 Å². The Morgan fingerprint density at radius 1 is 0.920 bits per heavy atom. The van der Waals surface area contributed by atoms with Gasteiger partial charge < -0.3 is 19.3 Å². The van der Waals surface area contributed by atoms with Gasteiger partial charge in [-0.05, 0) is 52.8 Å². The number of carbonyl (C=O) groups excluding carboxylic acids is 2. The van der Waals surface area contributed by atoms with Crippen molar-refractivity contribution in [2.24, 2.45) is 0 Å². The van der Waals surface area contributed by atoms with Gasteiger partial charge >= 0.3 is 12.2 Å². The largest absolute Gasteiger partial charge is 0.448 e. The summed E-state index contributed by atoms with van der Waals surface area (Å²) in [5.41, 5.74) is 1.96. The van der Waals surface area contributed by atoms with Crippen molar-refractivity contribution in [3.8, 4) is 0 Å². The molecule has 0 heterocycles. The number of carbonyl (C=O) groups is 2. The Morgan fingerprint density at radius 2 is 1.44 bits per heavy atom. The van der Waals surface area contributed by atoms with E-state index in [2.05, 4.69) is 10.6 Å². The van der Waals surface area contributed by atoms with E-state index in [0.717, 1.165) is 5.56 Å². The minimum Gasteiger partial charge on any atom is -0.448 e. The van der Waals surface area contributed by atoms with Gasteiger partial charge in [0.1, 0.15) is 13.2 Å². The predicted molar refractivity (Wildman–Crippen MR) is 98.2 cm³/mol. The van der Waals surface area contributed by atoms with E-state index in [4.69, 9.17) is 9.47 Å². The zero-order valence-corrected chi connectivity index (χ0v) is 15.6. The fourth-order valence-electron chi connectivity index (χ4n) is 1.78. The number of hydrogen-bond acceptors (Lipinski definition) is 6. The molecule has 1 aromatic rings. The second-order valence-electron chi connectivity index (χ2n) is 6.16. The highest BCUT2D eigenvalue weighted by atomic mass is 16.6. The molecule has 2 amide bonds. The summed E-state index contributed by atoms with van der Waals surface area (Å²) in [6.45, 7) is 3.75. The number of anilines is 2. The van der Waals surface area contributed by atoms with Crippen molar-refractivity contribution < 1.29 is 19.1 Å². The maximum atomic E-state index is 11.8. The van der Waals surface area contributed by atoms with Crippen LogP contribution in [0.1, 0.15) is 5.56 Å². The molecule has 0 bridgehead atoms. The number of likely N-dealkylation sites (N-methyl/N-ethyl adjacent to an activating group) is 2. The Bertz CT molecular complexity index is 576. The lowest BCUT2D eigenvalue weighted by Crippen LogP contribution is -2.23. The van der Waals surface area contributed by atoms with E-state index in [-0.39, 0.29) is 0 Å². The molecule has 1 rings (SSSR count). The number of amides is 2. The van der Waals surface area contributed by atoms with Crippen LogP contribution in [0.4, 0.5) is 21.0 Å². The maximum Gasteiger partial charge on any atom is 0.411 e. The topological polar surface area (TPSA) is 83.1 Å². The van der Waals surface area contributed by atoms with E-state index in [1.54, 1.807) is 18.2 Å². The van der Waals surface area contributed by atoms with Gasteiger partial charge in [-0.1, -0.05) is 6.07 Å². The van der Waals surface area contributed by atoms with Gasteiger partial charge in [0.15, 0.2) is 0 Å². The second kappa shape index (κ2) is 10.5. The van der Waals surface area contributed by atoms with Crippen LogP contribution >= 0.6 is 0 Å². The van der Waals surface area contributed by atoms with E-state index < -0.39 is 12.2 Å². The summed E-state index contributed by atoms with van der Waals surface area (Å²) >= 11 is 0. The molecule has 0 aliphatic heterocycles. The lowest BCUT2D eigenvalue weighted by atomic mass is 10.2. The molecule has 8 nitrogen and oxygen atoms in total. The number of nitrogens with one attached hydrogen (secondary N) is 2. The molecule has 0 saturated carbocycles. The van der Waals surface area contributed by atoms with Gasteiger partial charge in [0.25, 0.3) is 0 Å². The normalized spacial score (nSPS) is 10.7. The molecule has 140 valence electrons. The number of aryl methyl sites for hydroxylation is 1. The van der Waals surface area contributed by atoms with Gasteiger partial charge in [0.05, 0.1) is 0 Å². The Labute approximate surface area is 149 Å². The minimum atomic E-state index is -0.537. The van der Waals surface area contributed by atoms with E-state index in [1.165, 1.54) is 0 Å². The first-order valence-corrected chi connectivity index (χ1v) is 8.05. The van der Waals surface area contributed by atoms with Crippen molar-refractivity contribution in [3.63, 3.8) is 0 Å². The molecule has 8 heteroatoms. The van der Waals surface area contributed by atoms with E-state index in [9.17, 15) is 9.59 Å². The summed E-state index contributed by atoms with van der Waals surface area (Å²) in [5, 5.41) is 5.31. The summed E-state index contributed by atoms with van der Waals surface area (Å²) in [4.78, 5) is 27.4. The van der Waals surface area contributed by atoms with Gasteiger partial charge in [-0.15, -0.1) is 0 Å². The van der Waals surface area contributed by atoms with Crippen molar-refractivity contribution in [2.75, 3.05) is 65.1 Å². The summed E-state index contributed by atoms with van der Waals surface area (Å²) in [6, 6.07) is 5.20. The van der Waals surface area contributed by atoms with Crippen LogP contribution in [-0.2, 0) is 9.47 Å². The lowest BCUT2D eigenvalue weighted by molar-refractivity contribution is 0.150. The number of rotatable bonds is 8. The molecule has 0 saturated heterocycles. The third kappa shape index (κ3) is 8.92. The first-order valence-electron chi connectivity index (χ1n) is 8.05. The molecule has 1 aromatic carbocycles. The van der Waals surface area contributed by atoms with Crippen molar-refractivity contribution in [1.82, 2.24) is 9.80 Å². The Kier molecular flexibility index (Phi) is 8.73. The number of benzene rings is 1. The van der Waals surface area contributed by atoms with Crippen LogP contribution in [0, 0.1) is 6.92 Å². The lowest BCUT2D eigenvalue weighted by Gasteiger charge is -2.14. The molecular formula is C17H28N4O4. The Morgan fingerprint density at radius 3 is 1.96 bits per heavy atom. The second-order valence-corrected chi connectivity index (χ2v) is 6.16. The molecule has 0 aliphatic carbocycles. The average molecular weight is 352 g/mol. The highest BCUT2D eigenvalue weighted by Crippen LogP contribution is 2.20. The van der Waals surface area contributed by atoms with Crippen molar-refractivity contribution in [1.29, 1.82) is 0 Å². The highest BCUT2D eigenvalue weighted by molar-refractivity contribution is 5.89. The van der Waals surface area contributed by atoms with Crippen LogP contribution in [0.25, 0.3) is 0 Å². The zero-order valence-electron chi connectivity index (χ0n) is 15.6. The summed E-state index contributed by atoms with van der Waals surface area (Å²) in [7, 11) is 7.60. The molecule has 0 spiro atoms. The minimum absolute atomic E-state index is 0.300. The van der Waals surface area contributed by atoms with Crippen LogP contribution in [0.15, 0.2) is 18.2 Å². The van der Waals surface area contributed by atoms with E-state index in [0.29, 0.717) is 37.7 Å². The molecule has 0 aliphatic rings. The molecule has 0 fully saturated rings. The smallest absolute Gasteiger partial charge is 0.411 e. The first kappa shape index (κ1) is 20.7. The maximum absolute atomic E-state index is 11.8. The van der Waals surface area contributed by atoms with E-state index >= 15 is 0 Å². The summed E-state index contributed by atoms with van der Waals surface area (Å²) in [6.07, 6.45) is -1.07. The standard InChI is InChI=1S/C17H28N4O4/c1-13-6-7-14(18-16(22)24-10-8-20(2)3)12-15(13)19-17(23)25-11-9-21(4)5/h6-7,12H,8-11H2,1-5H3,(H,18,22)(H,19,23). The fraction of sp³-hybridized carbons (Fsp3) is 0.529. The third-order valence-electron chi connectivity index (χ3n) is 3.26. The molecule has 2 N–H and O–H groups in total. The van der Waals surface area contributed by atoms with Gasteiger partial charge in [-0.2, -0.15) is 0 Å². The van der Waals surface area contributed by atoms with E-state index in [1.807, 2.05) is 44.9 Å². The van der Waals surface area contributed by atoms with Crippen LogP contribution < -0.4 is 10.6 Å². The van der Waals surface area contributed by atoms with Crippen molar-refractivity contribution in [2.45, 2.75) is 6.92 Å². The zero-order chi connectivity index (χ0) is 18.8. The van der Waals surface area contributed by atoms with Gasteiger partial charge in [-0.25, -0.2) is 9.59 Å². The molecule has 0 aromatic heterocycles. The summed E-state index contributed by atoms with van der Waals surface area (Å²) in [5.74, 6) is 0.